The first kappa shape index (κ1) is 12.4. The maximum Gasteiger partial charge on any atom is 0.257 e. The third-order valence-corrected chi connectivity index (χ3v) is 3.35. The number of fused-ring (bicyclic) bond motifs is 1. The third kappa shape index (κ3) is 2.16. The van der Waals surface area contributed by atoms with Crippen molar-refractivity contribution in [2.24, 2.45) is 0 Å². The highest BCUT2D eigenvalue weighted by Crippen LogP contribution is 2.20. The van der Waals surface area contributed by atoms with Gasteiger partial charge in [0, 0.05) is 11.1 Å². The Balaban J connectivity index is 1.95. The van der Waals surface area contributed by atoms with Gasteiger partial charge in [-0.05, 0) is 31.5 Å². The Morgan fingerprint density at radius 1 is 1.20 bits per heavy atom. The van der Waals surface area contributed by atoms with E-state index in [1.54, 1.807) is 12.3 Å². The molecule has 0 radical (unpaired) electrons. The molecule has 1 heterocycles. The zero-order chi connectivity index (χ0) is 14.1. The Morgan fingerprint density at radius 2 is 2.05 bits per heavy atom. The lowest BCUT2D eigenvalue weighted by Crippen LogP contribution is -2.13. The summed E-state index contributed by atoms with van der Waals surface area (Å²) in [5, 5.41) is 10.7. The molecule has 4 heteroatoms. The minimum absolute atomic E-state index is 0.133. The summed E-state index contributed by atoms with van der Waals surface area (Å²) in [6, 6.07) is 11.5. The van der Waals surface area contributed by atoms with Crippen LogP contribution < -0.4 is 5.32 Å². The van der Waals surface area contributed by atoms with Crippen LogP contribution in [0.4, 0.5) is 5.69 Å². The monoisotopic (exact) mass is 265 g/mol. The van der Waals surface area contributed by atoms with Crippen LogP contribution in [-0.4, -0.2) is 16.1 Å². The number of rotatable bonds is 2. The number of carbonyl (C=O) groups is 1. The summed E-state index contributed by atoms with van der Waals surface area (Å²) in [6.07, 6.45) is 1.71. The van der Waals surface area contributed by atoms with Crippen molar-refractivity contribution in [1.82, 2.24) is 10.2 Å². The van der Waals surface area contributed by atoms with Gasteiger partial charge in [-0.2, -0.15) is 5.10 Å². The van der Waals surface area contributed by atoms with Crippen LogP contribution in [0.25, 0.3) is 10.9 Å². The van der Waals surface area contributed by atoms with Gasteiger partial charge in [0.2, 0.25) is 0 Å². The van der Waals surface area contributed by atoms with Gasteiger partial charge in [0.25, 0.3) is 5.91 Å². The van der Waals surface area contributed by atoms with E-state index in [0.29, 0.717) is 5.56 Å². The van der Waals surface area contributed by atoms with Crippen molar-refractivity contribution in [1.29, 1.82) is 0 Å². The summed E-state index contributed by atoms with van der Waals surface area (Å²) in [4.78, 5) is 12.4. The van der Waals surface area contributed by atoms with Crippen molar-refractivity contribution >= 4 is 22.5 Å². The fourth-order valence-corrected chi connectivity index (χ4v) is 2.30. The van der Waals surface area contributed by atoms with Gasteiger partial charge in [0.1, 0.15) is 0 Å². The van der Waals surface area contributed by atoms with Crippen molar-refractivity contribution in [2.75, 3.05) is 5.32 Å². The average Bonchev–Trinajstić information content (AvgIpc) is 2.90. The predicted molar refractivity (Wildman–Crippen MR) is 80.0 cm³/mol. The maximum atomic E-state index is 12.4. The maximum absolute atomic E-state index is 12.4. The van der Waals surface area contributed by atoms with Crippen LogP contribution >= 0.6 is 0 Å². The van der Waals surface area contributed by atoms with Crippen LogP contribution in [-0.2, 0) is 0 Å². The highest BCUT2D eigenvalue weighted by molar-refractivity contribution is 6.12. The summed E-state index contributed by atoms with van der Waals surface area (Å²) in [7, 11) is 0. The second-order valence-electron chi connectivity index (χ2n) is 4.91. The topological polar surface area (TPSA) is 57.8 Å². The summed E-state index contributed by atoms with van der Waals surface area (Å²) in [6.45, 7) is 4.02. The first-order valence-corrected chi connectivity index (χ1v) is 6.46. The Hall–Kier alpha value is -2.62. The fourth-order valence-electron chi connectivity index (χ4n) is 2.30. The summed E-state index contributed by atoms with van der Waals surface area (Å²) < 4.78 is 0. The number of carbonyl (C=O) groups excluding carboxylic acids is 1. The van der Waals surface area contributed by atoms with Gasteiger partial charge in [0.15, 0.2) is 0 Å². The number of amides is 1. The smallest absolute Gasteiger partial charge is 0.257 e. The van der Waals surface area contributed by atoms with Crippen LogP contribution in [0.3, 0.4) is 0 Å². The Labute approximate surface area is 116 Å². The zero-order valence-corrected chi connectivity index (χ0v) is 11.4. The highest BCUT2D eigenvalue weighted by Gasteiger charge is 2.12. The lowest BCUT2D eigenvalue weighted by Gasteiger charge is -2.09. The molecule has 0 aliphatic heterocycles. The van der Waals surface area contributed by atoms with Gasteiger partial charge < -0.3 is 5.32 Å². The number of aryl methyl sites for hydroxylation is 2. The first-order chi connectivity index (χ1) is 9.65. The van der Waals surface area contributed by atoms with Crippen LogP contribution in [0.15, 0.2) is 42.6 Å². The SMILES string of the molecule is Cc1ccc(NC(=O)c2cccc3cn[nH]c23)c(C)c1. The molecule has 1 amide bonds. The number of nitrogens with one attached hydrogen (secondary N) is 2. The lowest BCUT2D eigenvalue weighted by atomic mass is 10.1. The van der Waals surface area contributed by atoms with Gasteiger partial charge in [-0.1, -0.05) is 29.8 Å². The van der Waals surface area contributed by atoms with Crippen LogP contribution in [0.2, 0.25) is 0 Å². The standard InChI is InChI=1S/C16H15N3O/c1-10-6-7-14(11(2)8-10)18-16(20)13-5-3-4-12-9-17-19-15(12)13/h3-9H,1-2H3,(H,17,19)(H,18,20). The molecule has 0 aliphatic carbocycles. The van der Waals surface area contributed by atoms with Gasteiger partial charge >= 0.3 is 0 Å². The minimum Gasteiger partial charge on any atom is -0.322 e. The Kier molecular flexibility index (Phi) is 2.99. The van der Waals surface area contributed by atoms with Crippen molar-refractivity contribution in [3.63, 3.8) is 0 Å². The second kappa shape index (κ2) is 4.81. The molecule has 0 saturated carbocycles. The molecule has 2 aromatic carbocycles. The number of nitrogens with zero attached hydrogens (tertiary/aromatic N) is 1. The number of para-hydroxylation sites is 1. The number of hydrogen-bond donors (Lipinski definition) is 2. The van der Waals surface area contributed by atoms with Crippen molar-refractivity contribution in [3.8, 4) is 0 Å². The normalized spacial score (nSPS) is 10.7. The molecule has 3 rings (SSSR count). The Bertz CT molecular complexity index is 789. The van der Waals surface area contributed by atoms with Crippen LogP contribution in [0.5, 0.6) is 0 Å². The summed E-state index contributed by atoms with van der Waals surface area (Å²) in [5.41, 5.74) is 4.41. The predicted octanol–water partition coefficient (Wildman–Crippen LogP) is 3.43. The lowest BCUT2D eigenvalue weighted by molar-refractivity contribution is 0.102. The summed E-state index contributed by atoms with van der Waals surface area (Å²) in [5.74, 6) is -0.133. The van der Waals surface area contributed by atoms with Gasteiger partial charge in [-0.3, -0.25) is 9.89 Å². The largest absolute Gasteiger partial charge is 0.322 e. The fraction of sp³-hybridized carbons (Fsp3) is 0.125. The molecule has 0 fully saturated rings. The van der Waals surface area contributed by atoms with Crippen LogP contribution in [0.1, 0.15) is 21.5 Å². The minimum atomic E-state index is -0.133. The van der Waals surface area contributed by atoms with Crippen molar-refractivity contribution in [3.05, 3.63) is 59.3 Å². The second-order valence-corrected chi connectivity index (χ2v) is 4.91. The van der Waals surface area contributed by atoms with E-state index in [1.165, 1.54) is 5.56 Å². The van der Waals surface area contributed by atoms with E-state index < -0.39 is 0 Å². The summed E-state index contributed by atoms with van der Waals surface area (Å²) >= 11 is 0. The number of aromatic nitrogens is 2. The van der Waals surface area contributed by atoms with Gasteiger partial charge in [-0.25, -0.2) is 0 Å². The highest BCUT2D eigenvalue weighted by atomic mass is 16.1. The number of H-pyrrole nitrogens is 1. The van der Waals surface area contributed by atoms with E-state index in [1.807, 2.05) is 44.2 Å². The molecule has 0 bridgehead atoms. The van der Waals surface area contributed by atoms with Crippen molar-refractivity contribution < 1.29 is 4.79 Å². The van der Waals surface area contributed by atoms with Gasteiger partial charge in [-0.15, -0.1) is 0 Å². The first-order valence-electron chi connectivity index (χ1n) is 6.46. The average molecular weight is 265 g/mol. The number of benzene rings is 2. The molecular formula is C16H15N3O. The molecular weight excluding hydrogens is 250 g/mol. The van der Waals surface area contributed by atoms with Crippen molar-refractivity contribution in [2.45, 2.75) is 13.8 Å². The zero-order valence-electron chi connectivity index (χ0n) is 11.4. The molecule has 0 spiro atoms. The number of hydrogen-bond acceptors (Lipinski definition) is 2. The Morgan fingerprint density at radius 3 is 2.85 bits per heavy atom. The molecule has 20 heavy (non-hydrogen) atoms. The van der Waals surface area contributed by atoms with E-state index in [4.69, 9.17) is 0 Å². The molecule has 4 nitrogen and oxygen atoms in total. The van der Waals surface area contributed by atoms with Gasteiger partial charge in [0.05, 0.1) is 17.3 Å². The molecule has 0 saturated heterocycles. The van der Waals surface area contributed by atoms with E-state index >= 15 is 0 Å². The number of anilines is 1. The number of aromatic amines is 1. The van der Waals surface area contributed by atoms with E-state index in [-0.39, 0.29) is 5.91 Å². The molecule has 0 atom stereocenters. The molecule has 3 aromatic rings. The van der Waals surface area contributed by atoms with E-state index in [2.05, 4.69) is 15.5 Å². The molecule has 2 N–H and O–H groups in total. The van der Waals surface area contributed by atoms with E-state index in [0.717, 1.165) is 22.2 Å². The quantitative estimate of drug-likeness (QED) is 0.745. The van der Waals surface area contributed by atoms with E-state index in [9.17, 15) is 4.79 Å². The molecule has 0 aliphatic rings. The van der Waals surface area contributed by atoms with Crippen LogP contribution in [0, 0.1) is 13.8 Å². The molecule has 0 unspecified atom stereocenters. The molecule has 100 valence electrons. The third-order valence-electron chi connectivity index (χ3n) is 3.35. The molecule has 1 aromatic heterocycles.